The molecule has 0 bridgehead atoms. The molecule has 0 saturated carbocycles. The maximum Gasteiger partial charge on any atom is 0.259 e. The summed E-state index contributed by atoms with van der Waals surface area (Å²) in [5.74, 6) is 0.915. The van der Waals surface area contributed by atoms with Gasteiger partial charge in [-0.3, -0.25) is 4.79 Å². The van der Waals surface area contributed by atoms with Gasteiger partial charge >= 0.3 is 0 Å². The molecule has 24 heavy (non-hydrogen) atoms. The van der Waals surface area contributed by atoms with Crippen LogP contribution in [0, 0.1) is 11.7 Å². The molecule has 2 aromatic carbocycles. The number of aromatic nitrogens is 2. The van der Waals surface area contributed by atoms with Crippen LogP contribution in [-0.4, -0.2) is 16.6 Å². The van der Waals surface area contributed by atoms with E-state index in [-0.39, 0.29) is 5.56 Å². The molecule has 4 nitrogen and oxygen atoms in total. The summed E-state index contributed by atoms with van der Waals surface area (Å²) >= 11 is 0. The molecule has 0 atom stereocenters. The molecule has 0 aliphatic rings. The van der Waals surface area contributed by atoms with E-state index in [9.17, 15) is 9.18 Å². The van der Waals surface area contributed by atoms with Gasteiger partial charge in [-0.05, 0) is 42.7 Å². The molecule has 3 aromatic rings. The highest BCUT2D eigenvalue weighted by Gasteiger charge is 2.12. The first-order valence-corrected chi connectivity index (χ1v) is 7.96. The molecule has 1 N–H and O–H groups in total. The fourth-order valence-corrected chi connectivity index (χ4v) is 2.43. The number of hydrogen-bond donors (Lipinski definition) is 1. The third kappa shape index (κ3) is 3.45. The number of rotatable bonds is 5. The standard InChI is InChI=1S/C19H19FN2O2/c1-12(2)9-10-24-17-8-7-13(20)11-15(17)18-21-16-6-4-3-5-14(16)19(23)22-18/h3-8,11-12H,9-10H2,1-2H3,(H,21,22,23). The van der Waals surface area contributed by atoms with Crippen LogP contribution >= 0.6 is 0 Å². The first-order valence-electron chi connectivity index (χ1n) is 7.96. The Hall–Kier alpha value is -2.69. The van der Waals surface area contributed by atoms with Crippen molar-refractivity contribution in [3.05, 3.63) is 58.6 Å². The van der Waals surface area contributed by atoms with Crippen molar-refractivity contribution in [2.24, 2.45) is 5.92 Å². The summed E-state index contributed by atoms with van der Waals surface area (Å²) in [6, 6.07) is 11.3. The van der Waals surface area contributed by atoms with Gasteiger partial charge in [0.05, 0.1) is 23.1 Å². The van der Waals surface area contributed by atoms with Crippen LogP contribution in [0.2, 0.25) is 0 Å². The number of halogens is 1. The number of nitrogens with zero attached hydrogens (tertiary/aromatic N) is 1. The third-order valence-electron chi connectivity index (χ3n) is 3.76. The second kappa shape index (κ2) is 6.83. The summed E-state index contributed by atoms with van der Waals surface area (Å²) in [5, 5.41) is 0.500. The Bertz CT molecular complexity index is 919. The van der Waals surface area contributed by atoms with Gasteiger partial charge in [-0.15, -0.1) is 0 Å². The minimum atomic E-state index is -0.406. The molecule has 124 valence electrons. The maximum atomic E-state index is 13.7. The van der Waals surface area contributed by atoms with Crippen LogP contribution in [-0.2, 0) is 0 Å². The monoisotopic (exact) mass is 326 g/mol. The van der Waals surface area contributed by atoms with Gasteiger partial charge in [0.25, 0.3) is 5.56 Å². The lowest BCUT2D eigenvalue weighted by atomic mass is 10.1. The smallest absolute Gasteiger partial charge is 0.259 e. The largest absolute Gasteiger partial charge is 0.493 e. The van der Waals surface area contributed by atoms with E-state index in [1.807, 2.05) is 6.07 Å². The number of fused-ring (bicyclic) bond motifs is 1. The second-order valence-corrected chi connectivity index (χ2v) is 6.10. The minimum absolute atomic E-state index is 0.256. The average Bonchev–Trinajstić information content (AvgIpc) is 2.56. The molecule has 0 spiro atoms. The van der Waals surface area contributed by atoms with Gasteiger partial charge in [-0.2, -0.15) is 0 Å². The quantitative estimate of drug-likeness (QED) is 0.766. The summed E-state index contributed by atoms with van der Waals surface area (Å²) in [4.78, 5) is 19.4. The van der Waals surface area contributed by atoms with Crippen molar-refractivity contribution in [2.45, 2.75) is 20.3 Å². The van der Waals surface area contributed by atoms with Crippen molar-refractivity contribution in [1.29, 1.82) is 0 Å². The number of hydrogen-bond acceptors (Lipinski definition) is 3. The van der Waals surface area contributed by atoms with Gasteiger partial charge < -0.3 is 9.72 Å². The summed E-state index contributed by atoms with van der Waals surface area (Å²) in [6.45, 7) is 4.74. The zero-order valence-corrected chi connectivity index (χ0v) is 13.7. The van der Waals surface area contributed by atoms with Gasteiger partial charge in [-0.1, -0.05) is 26.0 Å². The Balaban J connectivity index is 2.05. The van der Waals surface area contributed by atoms with E-state index in [1.54, 1.807) is 24.3 Å². The first kappa shape index (κ1) is 16.2. The third-order valence-corrected chi connectivity index (χ3v) is 3.76. The van der Waals surface area contributed by atoms with Crippen LogP contribution in [0.5, 0.6) is 5.75 Å². The van der Waals surface area contributed by atoms with Crippen LogP contribution in [0.25, 0.3) is 22.3 Å². The topological polar surface area (TPSA) is 55.0 Å². The highest BCUT2D eigenvalue weighted by molar-refractivity contribution is 5.80. The van der Waals surface area contributed by atoms with Crippen molar-refractivity contribution in [3.63, 3.8) is 0 Å². The van der Waals surface area contributed by atoms with Gasteiger partial charge in [-0.25, -0.2) is 9.37 Å². The summed E-state index contributed by atoms with van der Waals surface area (Å²) in [5.41, 5.74) is 0.753. The lowest BCUT2D eigenvalue weighted by Crippen LogP contribution is -2.10. The van der Waals surface area contributed by atoms with Crippen molar-refractivity contribution in [1.82, 2.24) is 9.97 Å². The van der Waals surface area contributed by atoms with Crippen LogP contribution in [0.3, 0.4) is 0 Å². The lowest BCUT2D eigenvalue weighted by molar-refractivity contribution is 0.290. The molecule has 0 amide bonds. The van der Waals surface area contributed by atoms with Gasteiger partial charge in [0, 0.05) is 0 Å². The molecule has 0 unspecified atom stereocenters. The Morgan fingerprint density at radius 3 is 2.79 bits per heavy atom. The molecule has 5 heteroatoms. The minimum Gasteiger partial charge on any atom is -0.493 e. The molecule has 0 fully saturated rings. The molecular formula is C19H19FN2O2. The zero-order chi connectivity index (χ0) is 17.1. The van der Waals surface area contributed by atoms with E-state index in [0.29, 0.717) is 40.6 Å². The fourth-order valence-electron chi connectivity index (χ4n) is 2.43. The van der Waals surface area contributed by atoms with Crippen molar-refractivity contribution in [3.8, 4) is 17.1 Å². The van der Waals surface area contributed by atoms with E-state index in [1.165, 1.54) is 12.1 Å². The lowest BCUT2D eigenvalue weighted by Gasteiger charge is -2.12. The highest BCUT2D eigenvalue weighted by atomic mass is 19.1. The average molecular weight is 326 g/mol. The molecule has 1 aromatic heterocycles. The number of nitrogens with one attached hydrogen (secondary N) is 1. The summed E-state index contributed by atoms with van der Waals surface area (Å²) in [6.07, 6.45) is 0.887. The van der Waals surface area contributed by atoms with Crippen LogP contribution in [0.4, 0.5) is 4.39 Å². The Morgan fingerprint density at radius 2 is 2.00 bits per heavy atom. The number of aromatic amines is 1. The fraction of sp³-hybridized carbons (Fsp3) is 0.263. The first-order chi connectivity index (χ1) is 11.5. The summed E-state index contributed by atoms with van der Waals surface area (Å²) < 4.78 is 19.5. The molecule has 0 saturated heterocycles. The Morgan fingerprint density at radius 1 is 1.21 bits per heavy atom. The second-order valence-electron chi connectivity index (χ2n) is 6.10. The van der Waals surface area contributed by atoms with Crippen LogP contribution in [0.15, 0.2) is 47.3 Å². The maximum absolute atomic E-state index is 13.7. The number of ether oxygens (including phenoxy) is 1. The molecule has 0 aliphatic heterocycles. The normalized spacial score (nSPS) is 11.2. The van der Waals surface area contributed by atoms with Crippen molar-refractivity contribution >= 4 is 10.9 Å². The van der Waals surface area contributed by atoms with Crippen molar-refractivity contribution in [2.75, 3.05) is 6.61 Å². The van der Waals surface area contributed by atoms with E-state index in [2.05, 4.69) is 23.8 Å². The predicted molar refractivity (Wildman–Crippen MR) is 92.7 cm³/mol. The van der Waals surface area contributed by atoms with Gasteiger partial charge in [0.1, 0.15) is 17.4 Å². The Labute approximate surface area is 139 Å². The molecular weight excluding hydrogens is 307 g/mol. The van der Waals surface area contributed by atoms with E-state index in [0.717, 1.165) is 6.42 Å². The van der Waals surface area contributed by atoms with Crippen molar-refractivity contribution < 1.29 is 9.13 Å². The Kier molecular flexibility index (Phi) is 4.60. The predicted octanol–water partition coefficient (Wildman–Crippen LogP) is 4.15. The zero-order valence-electron chi connectivity index (χ0n) is 13.7. The van der Waals surface area contributed by atoms with E-state index < -0.39 is 5.82 Å². The van der Waals surface area contributed by atoms with Gasteiger partial charge in [0.2, 0.25) is 0 Å². The molecule has 1 heterocycles. The number of H-pyrrole nitrogens is 1. The highest BCUT2D eigenvalue weighted by Crippen LogP contribution is 2.29. The SMILES string of the molecule is CC(C)CCOc1ccc(F)cc1-c1nc2ccccc2c(=O)[nH]1. The number of benzene rings is 2. The van der Waals surface area contributed by atoms with Crippen LogP contribution < -0.4 is 10.3 Å². The van der Waals surface area contributed by atoms with E-state index >= 15 is 0 Å². The van der Waals surface area contributed by atoms with E-state index in [4.69, 9.17) is 4.74 Å². The summed E-state index contributed by atoms with van der Waals surface area (Å²) in [7, 11) is 0. The molecule has 0 aliphatic carbocycles. The van der Waals surface area contributed by atoms with Gasteiger partial charge in [0.15, 0.2) is 0 Å². The molecule has 0 radical (unpaired) electrons. The van der Waals surface area contributed by atoms with Crippen LogP contribution in [0.1, 0.15) is 20.3 Å². The number of para-hydroxylation sites is 1. The molecule has 3 rings (SSSR count).